The third-order valence-corrected chi connectivity index (χ3v) is 6.27. The zero-order chi connectivity index (χ0) is 19.8. The quantitative estimate of drug-likeness (QED) is 0.510. The van der Waals surface area contributed by atoms with Crippen molar-refractivity contribution in [3.05, 3.63) is 21.9 Å². The van der Waals surface area contributed by atoms with E-state index < -0.39 is 0 Å². The number of morpholine rings is 1. The summed E-state index contributed by atoms with van der Waals surface area (Å²) in [6.07, 6.45) is 1.38. The van der Waals surface area contributed by atoms with Gasteiger partial charge in [0.25, 0.3) is 0 Å². The molecule has 0 radical (unpaired) electrons. The SMILES string of the molecule is CCNC(=NCC1CN(CC(C)C)CCO1)NCCN1CCc2sccc2C1. The maximum absolute atomic E-state index is 5.93. The highest BCUT2D eigenvalue weighted by Crippen LogP contribution is 2.23. The van der Waals surface area contributed by atoms with Gasteiger partial charge in [-0.2, -0.15) is 0 Å². The number of nitrogens with one attached hydrogen (secondary N) is 2. The summed E-state index contributed by atoms with van der Waals surface area (Å²) >= 11 is 1.90. The van der Waals surface area contributed by atoms with Gasteiger partial charge >= 0.3 is 0 Å². The molecule has 2 aliphatic rings. The maximum atomic E-state index is 5.93. The number of fused-ring (bicyclic) bond motifs is 1. The highest BCUT2D eigenvalue weighted by atomic mass is 32.1. The molecular weight excluding hydrogens is 370 g/mol. The topological polar surface area (TPSA) is 52.1 Å². The molecule has 2 N–H and O–H groups in total. The van der Waals surface area contributed by atoms with E-state index in [1.165, 1.54) is 12.0 Å². The molecule has 1 unspecified atom stereocenters. The number of rotatable bonds is 8. The summed E-state index contributed by atoms with van der Waals surface area (Å²) in [5.74, 6) is 1.60. The van der Waals surface area contributed by atoms with Gasteiger partial charge in [-0.1, -0.05) is 13.8 Å². The predicted octanol–water partition coefficient (Wildman–Crippen LogP) is 2.02. The summed E-state index contributed by atoms with van der Waals surface area (Å²) in [7, 11) is 0. The highest BCUT2D eigenvalue weighted by Gasteiger charge is 2.21. The molecule has 3 rings (SSSR count). The number of aliphatic imine (C=N–C) groups is 1. The zero-order valence-electron chi connectivity index (χ0n) is 17.7. The Hall–Kier alpha value is -1.15. The summed E-state index contributed by atoms with van der Waals surface area (Å²) in [6.45, 7) is 16.4. The second-order valence-corrected chi connectivity index (χ2v) is 9.19. The minimum atomic E-state index is 0.196. The molecule has 7 heteroatoms. The van der Waals surface area contributed by atoms with E-state index in [-0.39, 0.29) is 6.10 Å². The fourth-order valence-corrected chi connectivity index (χ4v) is 4.83. The maximum Gasteiger partial charge on any atom is 0.191 e. The molecule has 0 aliphatic carbocycles. The van der Waals surface area contributed by atoms with E-state index in [2.05, 4.69) is 52.7 Å². The van der Waals surface area contributed by atoms with E-state index >= 15 is 0 Å². The molecule has 1 fully saturated rings. The molecule has 0 amide bonds. The first-order chi connectivity index (χ1) is 13.6. The molecule has 1 saturated heterocycles. The Balaban J connectivity index is 1.41. The summed E-state index contributed by atoms with van der Waals surface area (Å²) < 4.78 is 5.93. The van der Waals surface area contributed by atoms with Crippen LogP contribution >= 0.6 is 11.3 Å². The molecule has 0 saturated carbocycles. The van der Waals surface area contributed by atoms with Crippen LogP contribution in [-0.2, 0) is 17.7 Å². The Morgan fingerprint density at radius 2 is 2.21 bits per heavy atom. The Bertz CT molecular complexity index is 618. The van der Waals surface area contributed by atoms with Gasteiger partial charge in [0, 0.05) is 57.2 Å². The smallest absolute Gasteiger partial charge is 0.191 e. The van der Waals surface area contributed by atoms with Crippen LogP contribution in [0.25, 0.3) is 0 Å². The Kier molecular flexibility index (Phi) is 8.58. The first-order valence-corrected chi connectivity index (χ1v) is 11.7. The van der Waals surface area contributed by atoms with Crippen molar-refractivity contribution in [1.29, 1.82) is 0 Å². The average Bonchev–Trinajstić information content (AvgIpc) is 3.14. The lowest BCUT2D eigenvalue weighted by Gasteiger charge is -2.33. The molecule has 1 aromatic rings. The predicted molar refractivity (Wildman–Crippen MR) is 118 cm³/mol. The van der Waals surface area contributed by atoms with Crippen molar-refractivity contribution in [3.63, 3.8) is 0 Å². The number of hydrogen-bond acceptors (Lipinski definition) is 5. The molecule has 28 heavy (non-hydrogen) atoms. The van der Waals surface area contributed by atoms with Crippen molar-refractivity contribution in [1.82, 2.24) is 20.4 Å². The van der Waals surface area contributed by atoms with Gasteiger partial charge in [-0.15, -0.1) is 11.3 Å². The van der Waals surface area contributed by atoms with Gasteiger partial charge in [0.2, 0.25) is 0 Å². The monoisotopic (exact) mass is 407 g/mol. The first kappa shape index (κ1) is 21.6. The van der Waals surface area contributed by atoms with Crippen LogP contribution < -0.4 is 10.6 Å². The van der Waals surface area contributed by atoms with Gasteiger partial charge < -0.3 is 15.4 Å². The van der Waals surface area contributed by atoms with Crippen LogP contribution in [0.3, 0.4) is 0 Å². The molecule has 158 valence electrons. The standard InChI is InChI=1S/C21H37N5OS/c1-4-22-21(24-13-19-16-26(10-11-27-19)14-17(2)3)23-7-9-25-8-5-20-18(15-25)6-12-28-20/h6,12,17,19H,4-5,7-11,13-16H2,1-3H3,(H2,22,23,24). The second kappa shape index (κ2) is 11.1. The van der Waals surface area contributed by atoms with Crippen molar-refractivity contribution >= 4 is 17.3 Å². The summed E-state index contributed by atoms with van der Waals surface area (Å²) in [6, 6.07) is 2.28. The molecule has 6 nitrogen and oxygen atoms in total. The molecule has 0 bridgehead atoms. The van der Waals surface area contributed by atoms with E-state index in [4.69, 9.17) is 9.73 Å². The highest BCUT2D eigenvalue weighted by molar-refractivity contribution is 7.10. The largest absolute Gasteiger partial charge is 0.374 e. The lowest BCUT2D eigenvalue weighted by Crippen LogP contribution is -2.46. The summed E-state index contributed by atoms with van der Waals surface area (Å²) in [4.78, 5) is 11.4. The lowest BCUT2D eigenvalue weighted by molar-refractivity contribution is -0.0261. The fourth-order valence-electron chi connectivity index (χ4n) is 3.94. The van der Waals surface area contributed by atoms with Crippen LogP contribution in [0.15, 0.2) is 16.4 Å². The van der Waals surface area contributed by atoms with Gasteiger partial charge in [0.05, 0.1) is 19.3 Å². The zero-order valence-corrected chi connectivity index (χ0v) is 18.6. The Labute approximate surface area is 174 Å². The van der Waals surface area contributed by atoms with Crippen molar-refractivity contribution in [2.24, 2.45) is 10.9 Å². The summed E-state index contributed by atoms with van der Waals surface area (Å²) in [5.41, 5.74) is 1.51. The van der Waals surface area contributed by atoms with Crippen LogP contribution in [0, 0.1) is 5.92 Å². The molecule has 1 aromatic heterocycles. The number of nitrogens with zero attached hydrogens (tertiary/aromatic N) is 3. The van der Waals surface area contributed by atoms with Gasteiger partial charge in [0.1, 0.15) is 0 Å². The molecule has 0 aromatic carbocycles. The second-order valence-electron chi connectivity index (χ2n) is 8.19. The van der Waals surface area contributed by atoms with Crippen molar-refractivity contribution in [3.8, 4) is 0 Å². The molecule has 1 atom stereocenters. The number of ether oxygens (including phenoxy) is 1. The third-order valence-electron chi connectivity index (χ3n) is 5.25. The third kappa shape index (κ3) is 6.72. The van der Waals surface area contributed by atoms with Gasteiger partial charge in [-0.25, -0.2) is 0 Å². The summed E-state index contributed by atoms with van der Waals surface area (Å²) in [5, 5.41) is 9.09. The van der Waals surface area contributed by atoms with Crippen LogP contribution in [0.2, 0.25) is 0 Å². The van der Waals surface area contributed by atoms with E-state index in [1.54, 1.807) is 4.88 Å². The van der Waals surface area contributed by atoms with Crippen molar-refractivity contribution < 1.29 is 4.74 Å². The van der Waals surface area contributed by atoms with Crippen LogP contribution in [-0.4, -0.2) is 80.8 Å². The molecule has 0 spiro atoms. The Morgan fingerprint density at radius 1 is 1.32 bits per heavy atom. The van der Waals surface area contributed by atoms with Crippen LogP contribution in [0.4, 0.5) is 0 Å². The minimum absolute atomic E-state index is 0.196. The fraction of sp³-hybridized carbons (Fsp3) is 0.762. The van der Waals surface area contributed by atoms with E-state index in [0.717, 1.165) is 64.9 Å². The van der Waals surface area contributed by atoms with Crippen LogP contribution in [0.5, 0.6) is 0 Å². The average molecular weight is 408 g/mol. The van der Waals surface area contributed by atoms with Crippen molar-refractivity contribution in [2.45, 2.75) is 39.8 Å². The number of thiophene rings is 1. The lowest BCUT2D eigenvalue weighted by atomic mass is 10.1. The minimum Gasteiger partial charge on any atom is -0.374 e. The van der Waals surface area contributed by atoms with E-state index in [0.29, 0.717) is 12.5 Å². The normalized spacial score (nSPS) is 21.7. The van der Waals surface area contributed by atoms with E-state index in [9.17, 15) is 0 Å². The van der Waals surface area contributed by atoms with Crippen molar-refractivity contribution in [2.75, 3.05) is 59.0 Å². The molecule has 2 aliphatic heterocycles. The van der Waals surface area contributed by atoms with E-state index in [1.807, 2.05) is 11.3 Å². The first-order valence-electron chi connectivity index (χ1n) is 10.8. The van der Waals surface area contributed by atoms with Gasteiger partial charge in [-0.3, -0.25) is 14.8 Å². The molecule has 3 heterocycles. The Morgan fingerprint density at radius 3 is 3.04 bits per heavy atom. The number of hydrogen-bond donors (Lipinski definition) is 2. The van der Waals surface area contributed by atoms with Crippen LogP contribution in [0.1, 0.15) is 31.2 Å². The van der Waals surface area contributed by atoms with Gasteiger partial charge in [0.15, 0.2) is 5.96 Å². The number of guanidine groups is 1. The van der Waals surface area contributed by atoms with Gasteiger partial charge in [-0.05, 0) is 36.3 Å². The molecular formula is C21H37N5OS.